The molecule has 3 aromatic carbocycles. The Morgan fingerprint density at radius 1 is 1.06 bits per heavy atom. The van der Waals surface area contributed by atoms with Gasteiger partial charge in [-0.3, -0.25) is 4.79 Å². The van der Waals surface area contributed by atoms with E-state index in [1.165, 1.54) is 6.07 Å². The van der Waals surface area contributed by atoms with Crippen molar-refractivity contribution in [2.45, 2.75) is 40.3 Å². The lowest BCUT2D eigenvalue weighted by Gasteiger charge is -2.16. The van der Waals surface area contributed by atoms with E-state index in [2.05, 4.69) is 26.6 Å². The molecule has 3 aromatic rings. The summed E-state index contributed by atoms with van der Waals surface area (Å²) in [6, 6.07) is 15.8. The Morgan fingerprint density at radius 3 is 2.49 bits per heavy atom. The summed E-state index contributed by atoms with van der Waals surface area (Å²) >= 11 is 9.72. The highest BCUT2D eigenvalue weighted by Crippen LogP contribution is 2.35. The molecule has 0 atom stereocenters. The summed E-state index contributed by atoms with van der Waals surface area (Å²) < 4.78 is 26.6. The quantitative estimate of drug-likeness (QED) is 0.250. The lowest BCUT2D eigenvalue weighted by atomic mass is 10.1. The number of carbonyl (C=O) groups excluding carboxylic acids is 1. The molecular formula is C27H29BrClFN2O3. The lowest BCUT2D eigenvalue weighted by Crippen LogP contribution is -2.14. The maximum atomic E-state index is 14.1. The highest BCUT2D eigenvalue weighted by atomic mass is 79.9. The molecule has 0 fully saturated rings. The van der Waals surface area contributed by atoms with E-state index in [4.69, 9.17) is 21.1 Å². The fraction of sp³-hybridized carbons (Fsp3) is 0.296. The van der Waals surface area contributed by atoms with Crippen LogP contribution in [0.1, 0.15) is 38.3 Å². The van der Waals surface area contributed by atoms with Gasteiger partial charge < -0.3 is 20.1 Å². The van der Waals surface area contributed by atoms with Gasteiger partial charge in [0.15, 0.2) is 11.5 Å². The third kappa shape index (κ3) is 7.87. The van der Waals surface area contributed by atoms with Crippen LogP contribution in [-0.4, -0.2) is 12.5 Å². The van der Waals surface area contributed by atoms with Crippen molar-refractivity contribution >= 4 is 44.8 Å². The molecule has 186 valence electrons. The zero-order valence-corrected chi connectivity index (χ0v) is 22.3. The van der Waals surface area contributed by atoms with E-state index >= 15 is 0 Å². The Balaban J connectivity index is 1.71. The minimum Gasteiger partial charge on any atom is -0.490 e. The van der Waals surface area contributed by atoms with Crippen LogP contribution in [0.5, 0.6) is 11.5 Å². The summed E-state index contributed by atoms with van der Waals surface area (Å²) in [6.07, 6.45) is 0.475. The van der Waals surface area contributed by atoms with E-state index in [1.807, 2.05) is 51.1 Å². The smallest absolute Gasteiger partial charge is 0.224 e. The van der Waals surface area contributed by atoms with E-state index in [0.717, 1.165) is 21.4 Å². The average Bonchev–Trinajstić information content (AvgIpc) is 2.79. The first kappa shape index (κ1) is 26.8. The van der Waals surface area contributed by atoms with Crippen molar-refractivity contribution in [1.82, 2.24) is 0 Å². The van der Waals surface area contributed by atoms with Gasteiger partial charge in [0.1, 0.15) is 12.4 Å². The molecule has 0 spiro atoms. The third-order valence-corrected chi connectivity index (χ3v) is 6.16. The fourth-order valence-electron chi connectivity index (χ4n) is 3.40. The summed E-state index contributed by atoms with van der Waals surface area (Å²) in [7, 11) is 0. The van der Waals surface area contributed by atoms with Crippen LogP contribution in [0.15, 0.2) is 59.1 Å². The summed E-state index contributed by atoms with van der Waals surface area (Å²) in [5.74, 6) is 0.904. The van der Waals surface area contributed by atoms with Crippen LogP contribution >= 0.6 is 27.5 Å². The normalized spacial score (nSPS) is 10.8. The molecule has 0 aliphatic carbocycles. The second kappa shape index (κ2) is 12.8. The minimum atomic E-state index is -0.419. The van der Waals surface area contributed by atoms with Crippen molar-refractivity contribution in [2.24, 2.45) is 5.92 Å². The molecule has 0 heterocycles. The first-order valence-electron chi connectivity index (χ1n) is 11.4. The maximum Gasteiger partial charge on any atom is 0.224 e. The van der Waals surface area contributed by atoms with Gasteiger partial charge in [0.25, 0.3) is 0 Å². The molecule has 0 saturated heterocycles. The fourth-order valence-corrected chi connectivity index (χ4v) is 4.08. The second-order valence-electron chi connectivity index (χ2n) is 8.39. The van der Waals surface area contributed by atoms with Crippen molar-refractivity contribution in [2.75, 3.05) is 17.2 Å². The Bertz CT molecular complexity index is 1150. The van der Waals surface area contributed by atoms with Gasteiger partial charge in [-0.25, -0.2) is 4.39 Å². The molecule has 35 heavy (non-hydrogen) atoms. The number of ether oxygens (including phenoxy) is 2. The van der Waals surface area contributed by atoms with E-state index in [9.17, 15) is 9.18 Å². The van der Waals surface area contributed by atoms with Gasteiger partial charge in [0.2, 0.25) is 5.91 Å². The van der Waals surface area contributed by atoms with Crippen molar-refractivity contribution < 1.29 is 18.7 Å². The number of hydrogen-bond acceptors (Lipinski definition) is 4. The maximum absolute atomic E-state index is 14.1. The Hall–Kier alpha value is -2.77. The van der Waals surface area contributed by atoms with Gasteiger partial charge in [-0.1, -0.05) is 53.5 Å². The first-order valence-corrected chi connectivity index (χ1v) is 12.6. The highest BCUT2D eigenvalue weighted by Gasteiger charge is 2.14. The highest BCUT2D eigenvalue weighted by molar-refractivity contribution is 9.10. The number of benzene rings is 3. The van der Waals surface area contributed by atoms with Crippen LogP contribution in [0.4, 0.5) is 15.8 Å². The van der Waals surface area contributed by atoms with E-state index < -0.39 is 5.82 Å². The van der Waals surface area contributed by atoms with Gasteiger partial charge in [-0.15, -0.1) is 0 Å². The Morgan fingerprint density at radius 2 is 1.77 bits per heavy atom. The van der Waals surface area contributed by atoms with Crippen LogP contribution in [0.3, 0.4) is 0 Å². The molecule has 5 nitrogen and oxygen atoms in total. The minimum absolute atomic E-state index is 0.00601. The molecule has 0 aliphatic heterocycles. The summed E-state index contributed by atoms with van der Waals surface area (Å²) in [4.78, 5) is 12.1. The molecular weight excluding hydrogens is 535 g/mol. The van der Waals surface area contributed by atoms with E-state index in [1.54, 1.807) is 18.2 Å². The molecule has 0 bridgehead atoms. The number of amides is 1. The van der Waals surface area contributed by atoms with Crippen molar-refractivity contribution in [1.29, 1.82) is 0 Å². The van der Waals surface area contributed by atoms with Crippen molar-refractivity contribution in [3.63, 3.8) is 0 Å². The standard InChI is InChI=1S/C27H29BrClFN2O3/c1-4-34-25-12-18(15-31-19-7-5-8-20(13-19)32-27(33)11-17(2)3)22(28)14-26(25)35-16-21-23(29)9-6-10-24(21)30/h5-10,12-14,17,31H,4,11,15-16H2,1-3H3,(H,32,33). The van der Waals surface area contributed by atoms with Crippen molar-refractivity contribution in [3.8, 4) is 11.5 Å². The Kier molecular flexibility index (Phi) is 9.81. The monoisotopic (exact) mass is 562 g/mol. The van der Waals surface area contributed by atoms with Gasteiger partial charge >= 0.3 is 0 Å². The second-order valence-corrected chi connectivity index (χ2v) is 9.65. The molecule has 0 radical (unpaired) electrons. The van der Waals surface area contributed by atoms with Gasteiger partial charge in [-0.2, -0.15) is 0 Å². The predicted molar refractivity (Wildman–Crippen MR) is 143 cm³/mol. The predicted octanol–water partition coefficient (Wildman–Crippen LogP) is 7.82. The number of halogens is 3. The largest absolute Gasteiger partial charge is 0.490 e. The summed E-state index contributed by atoms with van der Waals surface area (Å²) in [5, 5.41) is 6.61. The molecule has 0 aliphatic rings. The average molecular weight is 564 g/mol. The zero-order chi connectivity index (χ0) is 25.4. The summed E-state index contributed by atoms with van der Waals surface area (Å²) in [6.45, 7) is 6.84. The number of hydrogen-bond donors (Lipinski definition) is 2. The molecule has 2 N–H and O–H groups in total. The van der Waals surface area contributed by atoms with Crippen molar-refractivity contribution in [3.05, 3.63) is 81.0 Å². The molecule has 8 heteroatoms. The van der Waals surface area contributed by atoms with Gasteiger partial charge in [0.05, 0.1) is 11.6 Å². The topological polar surface area (TPSA) is 59.6 Å². The zero-order valence-electron chi connectivity index (χ0n) is 20.0. The third-order valence-electron chi connectivity index (χ3n) is 5.07. The molecule has 3 rings (SSSR count). The van der Waals surface area contributed by atoms with Crippen LogP contribution in [0, 0.1) is 11.7 Å². The Labute approximate surface area is 219 Å². The molecule has 0 unspecified atom stereocenters. The number of rotatable bonds is 11. The molecule has 1 amide bonds. The number of nitrogens with one attached hydrogen (secondary N) is 2. The van der Waals surface area contributed by atoms with E-state index in [-0.39, 0.29) is 12.5 Å². The lowest BCUT2D eigenvalue weighted by molar-refractivity contribution is -0.116. The van der Waals surface area contributed by atoms with Crippen LogP contribution in [0.25, 0.3) is 0 Å². The van der Waals surface area contributed by atoms with Gasteiger partial charge in [0, 0.05) is 34.4 Å². The first-order chi connectivity index (χ1) is 16.8. The molecule has 0 saturated carbocycles. The van der Waals surface area contributed by atoms with Crippen LogP contribution in [-0.2, 0) is 17.9 Å². The number of anilines is 2. The van der Waals surface area contributed by atoms with E-state index in [0.29, 0.717) is 47.6 Å². The summed E-state index contributed by atoms with van der Waals surface area (Å²) in [5.41, 5.74) is 2.84. The molecule has 0 aromatic heterocycles. The van der Waals surface area contributed by atoms with Gasteiger partial charge in [-0.05, 0) is 60.9 Å². The van der Waals surface area contributed by atoms with Crippen LogP contribution in [0.2, 0.25) is 5.02 Å². The SMILES string of the molecule is CCOc1cc(CNc2cccc(NC(=O)CC(C)C)c2)c(Br)cc1OCc1c(F)cccc1Cl. The number of carbonyl (C=O) groups is 1. The van der Waals surface area contributed by atoms with Crippen LogP contribution < -0.4 is 20.1 Å².